The Morgan fingerprint density at radius 1 is 0.667 bits per heavy atom. The maximum Gasteiger partial charge on any atom is 0.274 e. The lowest BCUT2D eigenvalue weighted by atomic mass is 10.1. The molecular formula is C22H16F2N4O2. The zero-order valence-corrected chi connectivity index (χ0v) is 15.5. The molecule has 0 fully saturated rings. The highest BCUT2D eigenvalue weighted by Gasteiger charge is 2.10. The molecule has 6 nitrogen and oxygen atoms in total. The topological polar surface area (TPSA) is 82.9 Å². The molecular weight excluding hydrogens is 390 g/mol. The molecule has 0 unspecified atom stereocenters. The number of hydrogen-bond donors (Lipinski definition) is 2. The number of carbonyl (C=O) groups excluding carboxylic acids is 2. The van der Waals surface area contributed by atoms with Gasteiger partial charge in [-0.25, -0.2) is 19.6 Å². The van der Waals surface area contributed by atoms with Crippen LogP contribution in [-0.4, -0.2) is 24.2 Å². The number of amides is 2. The number of nitrogens with one attached hydrogen (secondary N) is 2. The summed E-state index contributed by atoms with van der Waals surface area (Å²) in [5.41, 5.74) is 5.55. The van der Waals surface area contributed by atoms with Gasteiger partial charge in [0.05, 0.1) is 23.6 Å². The molecule has 0 saturated carbocycles. The Morgan fingerprint density at radius 2 is 1.10 bits per heavy atom. The minimum Gasteiger partial charge on any atom is -0.267 e. The summed E-state index contributed by atoms with van der Waals surface area (Å²) in [7, 11) is 0. The first-order valence-corrected chi connectivity index (χ1v) is 8.80. The summed E-state index contributed by atoms with van der Waals surface area (Å²) in [5.74, 6) is -2.61. The maximum atomic E-state index is 13.6. The first-order chi connectivity index (χ1) is 14.5. The van der Waals surface area contributed by atoms with Crippen LogP contribution in [0.3, 0.4) is 0 Å². The third kappa shape index (κ3) is 5.41. The average Bonchev–Trinajstić information content (AvgIpc) is 2.74. The molecule has 0 atom stereocenters. The van der Waals surface area contributed by atoms with Crippen LogP contribution in [0, 0.1) is 11.6 Å². The van der Waals surface area contributed by atoms with Gasteiger partial charge in [0.15, 0.2) is 0 Å². The van der Waals surface area contributed by atoms with E-state index in [-0.39, 0.29) is 11.1 Å². The normalized spacial score (nSPS) is 11.0. The van der Waals surface area contributed by atoms with Crippen molar-refractivity contribution in [2.24, 2.45) is 10.2 Å². The highest BCUT2D eigenvalue weighted by atomic mass is 19.1. The summed E-state index contributed by atoms with van der Waals surface area (Å²) in [5, 5.41) is 7.62. The van der Waals surface area contributed by atoms with Crippen LogP contribution in [0.5, 0.6) is 0 Å². The Kier molecular flexibility index (Phi) is 6.73. The van der Waals surface area contributed by atoms with Crippen molar-refractivity contribution in [2.45, 2.75) is 0 Å². The molecule has 3 aromatic carbocycles. The molecule has 0 aliphatic carbocycles. The standard InChI is InChI=1S/C22H16F2N4O2/c23-19-10-3-1-8-17(19)21(29)27-25-13-15-6-5-7-16(12-15)14-26-28-22(30)18-9-2-4-11-20(18)24/h1-14H,(H,27,29)(H,28,30)/b25-13+,26-14+. The fourth-order valence-electron chi connectivity index (χ4n) is 2.46. The quantitative estimate of drug-likeness (QED) is 0.485. The van der Waals surface area contributed by atoms with Gasteiger partial charge in [0.1, 0.15) is 11.6 Å². The molecule has 150 valence electrons. The van der Waals surface area contributed by atoms with Crippen LogP contribution in [-0.2, 0) is 0 Å². The van der Waals surface area contributed by atoms with Gasteiger partial charge < -0.3 is 0 Å². The number of carbonyl (C=O) groups is 2. The molecule has 0 spiro atoms. The molecule has 8 heteroatoms. The summed E-state index contributed by atoms with van der Waals surface area (Å²) in [6.45, 7) is 0. The van der Waals surface area contributed by atoms with Crippen molar-refractivity contribution in [1.29, 1.82) is 0 Å². The van der Waals surface area contributed by atoms with Gasteiger partial charge in [0.2, 0.25) is 0 Å². The monoisotopic (exact) mass is 406 g/mol. The largest absolute Gasteiger partial charge is 0.274 e. The molecule has 30 heavy (non-hydrogen) atoms. The number of halogens is 2. The number of benzene rings is 3. The number of nitrogens with zero attached hydrogens (tertiary/aromatic N) is 2. The van der Waals surface area contributed by atoms with E-state index < -0.39 is 23.4 Å². The number of hydrazone groups is 2. The van der Waals surface area contributed by atoms with Crippen LogP contribution >= 0.6 is 0 Å². The highest BCUT2D eigenvalue weighted by molar-refractivity contribution is 5.96. The number of hydrogen-bond acceptors (Lipinski definition) is 4. The predicted molar refractivity (Wildman–Crippen MR) is 109 cm³/mol. The van der Waals surface area contributed by atoms with Crippen molar-refractivity contribution in [3.8, 4) is 0 Å². The lowest BCUT2D eigenvalue weighted by molar-refractivity contribution is 0.0942. The van der Waals surface area contributed by atoms with Gasteiger partial charge >= 0.3 is 0 Å². The maximum absolute atomic E-state index is 13.6. The minimum absolute atomic E-state index is 0.110. The van der Waals surface area contributed by atoms with Gasteiger partial charge in [-0.3, -0.25) is 9.59 Å². The zero-order valence-electron chi connectivity index (χ0n) is 15.5. The molecule has 2 N–H and O–H groups in total. The fourth-order valence-corrected chi connectivity index (χ4v) is 2.46. The van der Waals surface area contributed by atoms with E-state index in [1.54, 1.807) is 36.4 Å². The van der Waals surface area contributed by atoms with Gasteiger partial charge in [0.25, 0.3) is 11.8 Å². The van der Waals surface area contributed by atoms with Crippen LogP contribution in [0.4, 0.5) is 8.78 Å². The molecule has 0 heterocycles. The molecule has 0 bridgehead atoms. The highest BCUT2D eigenvalue weighted by Crippen LogP contribution is 2.07. The third-order valence-corrected chi connectivity index (χ3v) is 3.91. The van der Waals surface area contributed by atoms with E-state index in [4.69, 9.17) is 0 Å². The second kappa shape index (κ2) is 9.83. The second-order valence-corrected chi connectivity index (χ2v) is 6.03. The van der Waals surface area contributed by atoms with E-state index in [0.717, 1.165) is 0 Å². The van der Waals surface area contributed by atoms with Crippen LogP contribution in [0.2, 0.25) is 0 Å². The fraction of sp³-hybridized carbons (Fsp3) is 0. The van der Waals surface area contributed by atoms with E-state index in [2.05, 4.69) is 21.1 Å². The van der Waals surface area contributed by atoms with Crippen molar-refractivity contribution >= 4 is 24.2 Å². The van der Waals surface area contributed by atoms with E-state index >= 15 is 0 Å². The van der Waals surface area contributed by atoms with Crippen molar-refractivity contribution in [1.82, 2.24) is 10.9 Å². The Bertz CT molecular complexity index is 1040. The minimum atomic E-state index is -0.669. The summed E-state index contributed by atoms with van der Waals surface area (Å²) >= 11 is 0. The van der Waals surface area contributed by atoms with Gasteiger partial charge in [-0.2, -0.15) is 10.2 Å². The first kappa shape index (κ1) is 20.5. The Labute approximate surface area is 170 Å². The SMILES string of the molecule is O=C(N/N=C/c1cccc(/C=N/NC(=O)c2ccccc2F)c1)c1ccccc1F. The van der Waals surface area contributed by atoms with Crippen molar-refractivity contribution in [3.05, 3.63) is 107 Å². The number of rotatable bonds is 6. The average molecular weight is 406 g/mol. The Morgan fingerprint density at radius 3 is 1.53 bits per heavy atom. The molecule has 3 aromatic rings. The Hall–Kier alpha value is -4.20. The smallest absolute Gasteiger partial charge is 0.267 e. The van der Waals surface area contributed by atoms with Gasteiger partial charge in [-0.15, -0.1) is 0 Å². The lowest BCUT2D eigenvalue weighted by Gasteiger charge is -2.02. The van der Waals surface area contributed by atoms with E-state index in [1.807, 2.05) is 0 Å². The molecule has 0 radical (unpaired) electrons. The summed E-state index contributed by atoms with van der Waals surface area (Å²) in [6, 6.07) is 18.0. The van der Waals surface area contributed by atoms with Gasteiger partial charge in [0, 0.05) is 0 Å². The molecule has 0 aliphatic heterocycles. The zero-order chi connectivity index (χ0) is 21.3. The molecule has 0 aliphatic rings. The molecule has 2 amide bonds. The molecule has 3 rings (SSSR count). The van der Waals surface area contributed by atoms with E-state index in [9.17, 15) is 18.4 Å². The van der Waals surface area contributed by atoms with Crippen molar-refractivity contribution < 1.29 is 18.4 Å². The first-order valence-electron chi connectivity index (χ1n) is 8.80. The van der Waals surface area contributed by atoms with Gasteiger partial charge in [-0.1, -0.05) is 42.5 Å². The van der Waals surface area contributed by atoms with Crippen LogP contribution in [0.25, 0.3) is 0 Å². The summed E-state index contributed by atoms with van der Waals surface area (Å²) in [4.78, 5) is 23.8. The van der Waals surface area contributed by atoms with Crippen molar-refractivity contribution in [3.63, 3.8) is 0 Å². The van der Waals surface area contributed by atoms with Crippen LogP contribution in [0.1, 0.15) is 31.8 Å². The van der Waals surface area contributed by atoms with Crippen LogP contribution < -0.4 is 10.9 Å². The van der Waals surface area contributed by atoms with Crippen molar-refractivity contribution in [2.75, 3.05) is 0 Å². The van der Waals surface area contributed by atoms with Crippen LogP contribution in [0.15, 0.2) is 83.0 Å². The second-order valence-electron chi connectivity index (χ2n) is 6.03. The molecule has 0 saturated heterocycles. The van der Waals surface area contributed by atoms with E-state index in [1.165, 1.54) is 48.8 Å². The molecule has 0 aromatic heterocycles. The Balaban J connectivity index is 1.59. The summed E-state index contributed by atoms with van der Waals surface area (Å²) in [6.07, 6.45) is 2.77. The lowest BCUT2D eigenvalue weighted by Crippen LogP contribution is -2.19. The van der Waals surface area contributed by atoms with Gasteiger partial charge in [-0.05, 0) is 41.5 Å². The summed E-state index contributed by atoms with van der Waals surface area (Å²) < 4.78 is 27.1. The van der Waals surface area contributed by atoms with E-state index in [0.29, 0.717) is 11.1 Å². The third-order valence-electron chi connectivity index (χ3n) is 3.91. The predicted octanol–water partition coefficient (Wildman–Crippen LogP) is 3.49.